The Kier molecular flexibility index (Phi) is 5.31. The molecule has 0 aliphatic carbocycles. The van der Waals surface area contributed by atoms with E-state index in [1.165, 1.54) is 40.3 Å². The molecule has 0 saturated heterocycles. The predicted molar refractivity (Wildman–Crippen MR) is 173 cm³/mol. The van der Waals surface area contributed by atoms with Crippen LogP contribution < -0.4 is 0 Å². The average Bonchev–Trinajstić information content (AvgIpc) is 3.59. The molecule has 0 aliphatic heterocycles. The zero-order valence-electron chi connectivity index (χ0n) is 21.4. The van der Waals surface area contributed by atoms with Gasteiger partial charge in [0, 0.05) is 57.0 Å². The van der Waals surface area contributed by atoms with Gasteiger partial charge in [-0.25, -0.2) is 0 Å². The molecule has 0 aliphatic rings. The van der Waals surface area contributed by atoms with E-state index in [2.05, 4.69) is 127 Å². The Balaban J connectivity index is 1.45. The van der Waals surface area contributed by atoms with Crippen molar-refractivity contribution in [3.05, 3.63) is 133 Å². The van der Waals surface area contributed by atoms with Gasteiger partial charge in [-0.15, -0.1) is 22.7 Å². The molecule has 0 atom stereocenters. The van der Waals surface area contributed by atoms with Crippen LogP contribution in [0.2, 0.25) is 0 Å². The lowest BCUT2D eigenvalue weighted by molar-refractivity contribution is 1.47. The van der Waals surface area contributed by atoms with Crippen molar-refractivity contribution in [3.8, 4) is 39.4 Å². The Morgan fingerprint density at radius 1 is 0.425 bits per heavy atom. The smallest absolute Gasteiger partial charge is 0.100 e. The molecule has 0 saturated carbocycles. The first-order chi connectivity index (χ1) is 19.8. The molecule has 0 radical (unpaired) electrons. The second kappa shape index (κ2) is 9.17. The summed E-state index contributed by atoms with van der Waals surface area (Å²) in [6, 6.07) is 47.8. The molecule has 1 nitrogen and oxygen atoms in total. The maximum absolute atomic E-state index is 10.7. The molecule has 0 amide bonds. The van der Waals surface area contributed by atoms with E-state index in [0.717, 1.165) is 33.4 Å². The average molecular weight is 544 g/mol. The van der Waals surface area contributed by atoms with Crippen LogP contribution in [-0.4, -0.2) is 0 Å². The number of thiophene rings is 2. The molecule has 0 spiro atoms. The molecule has 8 aromatic rings. The Morgan fingerprint density at radius 2 is 1.07 bits per heavy atom. The van der Waals surface area contributed by atoms with Crippen LogP contribution >= 0.6 is 22.7 Å². The largest absolute Gasteiger partial charge is 0.192 e. The van der Waals surface area contributed by atoms with Crippen LogP contribution in [0.15, 0.2) is 127 Å². The molecule has 0 fully saturated rings. The fraction of sp³-hybridized carbons (Fsp3) is 0. The third-order valence-electron chi connectivity index (χ3n) is 7.74. The van der Waals surface area contributed by atoms with Gasteiger partial charge in [0.1, 0.15) is 6.07 Å². The van der Waals surface area contributed by atoms with Gasteiger partial charge in [-0.3, -0.25) is 0 Å². The van der Waals surface area contributed by atoms with Gasteiger partial charge in [0.25, 0.3) is 0 Å². The quantitative estimate of drug-likeness (QED) is 0.217. The highest BCUT2D eigenvalue weighted by molar-refractivity contribution is 7.26. The summed E-state index contributed by atoms with van der Waals surface area (Å²) in [4.78, 5) is 0. The first-order valence-corrected chi connectivity index (χ1v) is 14.9. The van der Waals surface area contributed by atoms with Crippen molar-refractivity contribution in [1.29, 1.82) is 5.26 Å². The van der Waals surface area contributed by atoms with E-state index in [1.54, 1.807) is 11.3 Å². The number of hydrogen-bond donors (Lipinski definition) is 0. The predicted octanol–water partition coefficient (Wildman–Crippen LogP) is 11.3. The normalized spacial score (nSPS) is 11.5. The zero-order chi connectivity index (χ0) is 26.6. The summed E-state index contributed by atoms with van der Waals surface area (Å²) in [6.07, 6.45) is 0. The van der Waals surface area contributed by atoms with Crippen LogP contribution in [0, 0.1) is 11.3 Å². The summed E-state index contributed by atoms with van der Waals surface area (Å²) in [6.45, 7) is 0. The summed E-state index contributed by atoms with van der Waals surface area (Å²) in [5, 5.41) is 15.7. The summed E-state index contributed by atoms with van der Waals surface area (Å²) in [7, 11) is 0. The maximum Gasteiger partial charge on any atom is 0.100 e. The molecule has 0 N–H and O–H groups in total. The summed E-state index contributed by atoms with van der Waals surface area (Å²) in [5.74, 6) is 0. The Hall–Kier alpha value is -4.75. The number of nitrogens with zero attached hydrogens (tertiary/aromatic N) is 1. The Labute approximate surface area is 239 Å². The standard InChI is InChI=1S/C37H21NS2/c38-22-33-30(24-17-18-36-32(19-24)27-12-5-6-15-34(27)39-36)20-25(23-9-2-1-3-10-23)21-31(33)29-14-8-13-28-26-11-4-7-16-35(26)40-37(28)29/h1-21H. The monoisotopic (exact) mass is 543 g/mol. The fourth-order valence-corrected chi connectivity index (χ4v) is 8.17. The van der Waals surface area contributed by atoms with Gasteiger partial charge in [-0.1, -0.05) is 91.0 Å². The number of fused-ring (bicyclic) bond motifs is 6. The van der Waals surface area contributed by atoms with Crippen molar-refractivity contribution in [1.82, 2.24) is 0 Å². The van der Waals surface area contributed by atoms with E-state index >= 15 is 0 Å². The minimum Gasteiger partial charge on any atom is -0.192 e. The van der Waals surface area contributed by atoms with Gasteiger partial charge in [0.15, 0.2) is 0 Å². The molecule has 0 unspecified atom stereocenters. The molecule has 40 heavy (non-hydrogen) atoms. The number of benzene rings is 6. The minimum atomic E-state index is 0.712. The van der Waals surface area contributed by atoms with Gasteiger partial charge in [0.2, 0.25) is 0 Å². The third kappa shape index (κ3) is 3.58. The molecule has 0 bridgehead atoms. The second-order valence-corrected chi connectivity index (χ2v) is 12.1. The molecule has 186 valence electrons. The zero-order valence-corrected chi connectivity index (χ0v) is 23.0. The first-order valence-electron chi connectivity index (χ1n) is 13.2. The lowest BCUT2D eigenvalue weighted by atomic mass is 9.87. The Morgan fingerprint density at radius 3 is 1.88 bits per heavy atom. The third-order valence-corrected chi connectivity index (χ3v) is 10.1. The summed E-state index contributed by atoms with van der Waals surface area (Å²) >= 11 is 3.62. The minimum absolute atomic E-state index is 0.712. The first kappa shape index (κ1) is 23.2. The maximum atomic E-state index is 10.7. The Bertz CT molecular complexity index is 2280. The van der Waals surface area contributed by atoms with Crippen LogP contribution in [0.1, 0.15) is 5.56 Å². The van der Waals surface area contributed by atoms with Gasteiger partial charge < -0.3 is 0 Å². The van der Waals surface area contributed by atoms with Crippen molar-refractivity contribution in [3.63, 3.8) is 0 Å². The number of nitriles is 1. The molecular weight excluding hydrogens is 523 g/mol. The SMILES string of the molecule is N#Cc1c(-c2ccc3sc4ccccc4c3c2)cc(-c2ccccc2)cc1-c1cccc2c1sc1ccccc12. The van der Waals surface area contributed by atoms with Gasteiger partial charge in [-0.2, -0.15) is 5.26 Å². The van der Waals surface area contributed by atoms with E-state index in [9.17, 15) is 5.26 Å². The highest BCUT2D eigenvalue weighted by Gasteiger charge is 2.19. The highest BCUT2D eigenvalue weighted by atomic mass is 32.1. The lowest BCUT2D eigenvalue weighted by Gasteiger charge is -2.15. The molecule has 2 aromatic heterocycles. The number of rotatable bonds is 3. The van der Waals surface area contributed by atoms with Crippen LogP contribution in [-0.2, 0) is 0 Å². The second-order valence-electron chi connectivity index (χ2n) is 10.0. The van der Waals surface area contributed by atoms with E-state index in [1.807, 2.05) is 17.4 Å². The van der Waals surface area contributed by atoms with Crippen LogP contribution in [0.3, 0.4) is 0 Å². The highest BCUT2D eigenvalue weighted by Crippen LogP contribution is 2.45. The fourth-order valence-electron chi connectivity index (χ4n) is 5.85. The van der Waals surface area contributed by atoms with E-state index in [4.69, 9.17) is 0 Å². The van der Waals surface area contributed by atoms with Crippen LogP contribution in [0.4, 0.5) is 0 Å². The summed E-state index contributed by atoms with van der Waals surface area (Å²) in [5.41, 5.74) is 7.08. The molecular formula is C37H21NS2. The summed E-state index contributed by atoms with van der Waals surface area (Å²) < 4.78 is 5.02. The van der Waals surface area contributed by atoms with Crippen molar-refractivity contribution in [2.24, 2.45) is 0 Å². The molecule has 2 heterocycles. The van der Waals surface area contributed by atoms with Crippen molar-refractivity contribution in [2.45, 2.75) is 0 Å². The molecule has 3 heteroatoms. The van der Waals surface area contributed by atoms with Crippen molar-refractivity contribution >= 4 is 63.0 Å². The van der Waals surface area contributed by atoms with E-state index in [0.29, 0.717) is 5.56 Å². The van der Waals surface area contributed by atoms with Crippen LogP contribution in [0.5, 0.6) is 0 Å². The van der Waals surface area contributed by atoms with Gasteiger partial charge >= 0.3 is 0 Å². The lowest BCUT2D eigenvalue weighted by Crippen LogP contribution is -1.93. The van der Waals surface area contributed by atoms with Crippen molar-refractivity contribution in [2.75, 3.05) is 0 Å². The number of hydrogen-bond acceptors (Lipinski definition) is 3. The molecule has 6 aromatic carbocycles. The van der Waals surface area contributed by atoms with E-state index in [-0.39, 0.29) is 0 Å². The molecule has 8 rings (SSSR count). The van der Waals surface area contributed by atoms with Gasteiger partial charge in [0.05, 0.1) is 5.56 Å². The van der Waals surface area contributed by atoms with E-state index < -0.39 is 0 Å². The van der Waals surface area contributed by atoms with Crippen molar-refractivity contribution < 1.29 is 0 Å². The van der Waals surface area contributed by atoms with Crippen LogP contribution in [0.25, 0.3) is 73.7 Å². The van der Waals surface area contributed by atoms with Gasteiger partial charge in [-0.05, 0) is 53.1 Å². The topological polar surface area (TPSA) is 23.8 Å².